The second-order valence-corrected chi connectivity index (χ2v) is 4.15. The van der Waals surface area contributed by atoms with Crippen LogP contribution in [0.5, 0.6) is 0 Å². The van der Waals surface area contributed by atoms with E-state index >= 15 is 0 Å². The van der Waals surface area contributed by atoms with Crippen molar-refractivity contribution in [3.8, 4) is 0 Å². The summed E-state index contributed by atoms with van der Waals surface area (Å²) in [6.45, 7) is 2.46. The van der Waals surface area contributed by atoms with Gasteiger partial charge in [0, 0.05) is 12.6 Å². The van der Waals surface area contributed by atoms with Crippen LogP contribution in [0.2, 0.25) is 0 Å². The molecule has 1 aliphatic heterocycles. The van der Waals surface area contributed by atoms with E-state index < -0.39 is 10.2 Å². The fourth-order valence-corrected chi connectivity index (χ4v) is 2.28. The van der Waals surface area contributed by atoms with Gasteiger partial charge in [0.25, 0.3) is 10.2 Å². The fraction of sp³-hybridized carbons (Fsp3) is 1.00. The molecule has 1 aliphatic rings. The van der Waals surface area contributed by atoms with Crippen molar-refractivity contribution in [3.05, 3.63) is 0 Å². The molecule has 0 bridgehead atoms. The first-order valence-corrected chi connectivity index (χ1v) is 4.81. The summed E-state index contributed by atoms with van der Waals surface area (Å²) in [7, 11) is -3.42. The Morgan fingerprint density at radius 3 is 2.40 bits per heavy atom. The van der Waals surface area contributed by atoms with Gasteiger partial charge in [0.2, 0.25) is 0 Å². The average Bonchev–Trinajstić information content (AvgIpc) is 2.11. The quantitative estimate of drug-likeness (QED) is 0.577. The van der Waals surface area contributed by atoms with Gasteiger partial charge < -0.3 is 0 Å². The van der Waals surface area contributed by atoms with Gasteiger partial charge in [0.05, 0.1) is 0 Å². The third kappa shape index (κ3) is 1.47. The van der Waals surface area contributed by atoms with E-state index in [-0.39, 0.29) is 6.04 Å². The molecule has 0 aliphatic carbocycles. The molecule has 1 unspecified atom stereocenters. The van der Waals surface area contributed by atoms with Crippen LogP contribution in [0, 0.1) is 0 Å². The molecule has 0 aromatic rings. The summed E-state index contributed by atoms with van der Waals surface area (Å²) in [6.07, 6.45) is 1.86. The standard InChI is InChI=1S/C5H12N2O2S/c1-5-3-2-4-7(5)10(6,8)9/h5H,2-4H2,1H3,(H2,6,8,9). The minimum Gasteiger partial charge on any atom is -0.216 e. The smallest absolute Gasteiger partial charge is 0.216 e. The van der Waals surface area contributed by atoms with Crippen molar-refractivity contribution in [2.24, 2.45) is 5.14 Å². The van der Waals surface area contributed by atoms with Gasteiger partial charge in [0.15, 0.2) is 0 Å². The first-order chi connectivity index (χ1) is 4.52. The van der Waals surface area contributed by atoms with Crippen LogP contribution in [-0.2, 0) is 10.2 Å². The monoisotopic (exact) mass is 164 g/mol. The first-order valence-electron chi connectivity index (χ1n) is 3.31. The molecule has 60 valence electrons. The molecule has 1 saturated heterocycles. The topological polar surface area (TPSA) is 63.4 Å². The fourth-order valence-electron chi connectivity index (χ4n) is 1.28. The van der Waals surface area contributed by atoms with Crippen LogP contribution < -0.4 is 5.14 Å². The zero-order chi connectivity index (χ0) is 7.78. The third-order valence-corrected chi connectivity index (χ3v) is 3.02. The Morgan fingerprint density at radius 2 is 2.20 bits per heavy atom. The van der Waals surface area contributed by atoms with Crippen molar-refractivity contribution in [1.82, 2.24) is 4.31 Å². The lowest BCUT2D eigenvalue weighted by Gasteiger charge is -2.16. The predicted molar refractivity (Wildman–Crippen MR) is 38.5 cm³/mol. The Hall–Kier alpha value is -0.130. The molecule has 10 heavy (non-hydrogen) atoms. The lowest BCUT2D eigenvalue weighted by atomic mass is 10.3. The molecule has 4 nitrogen and oxygen atoms in total. The summed E-state index contributed by atoms with van der Waals surface area (Å²) in [5.41, 5.74) is 0. The Balaban J connectivity index is 2.74. The lowest BCUT2D eigenvalue weighted by Crippen LogP contribution is -2.38. The largest absolute Gasteiger partial charge is 0.277 e. The SMILES string of the molecule is CC1CCCN1S(N)(=O)=O. The molecule has 1 rings (SSSR count). The minimum absolute atomic E-state index is 0.0926. The van der Waals surface area contributed by atoms with Gasteiger partial charge in [-0.3, -0.25) is 0 Å². The van der Waals surface area contributed by atoms with Crippen LogP contribution in [0.3, 0.4) is 0 Å². The molecule has 0 amide bonds. The van der Waals surface area contributed by atoms with Gasteiger partial charge in [-0.15, -0.1) is 0 Å². The molecule has 2 N–H and O–H groups in total. The number of nitrogens with two attached hydrogens (primary N) is 1. The molecule has 0 radical (unpaired) electrons. The van der Waals surface area contributed by atoms with E-state index in [1.807, 2.05) is 6.92 Å². The highest BCUT2D eigenvalue weighted by Gasteiger charge is 2.27. The summed E-state index contributed by atoms with van der Waals surface area (Å²) in [6, 6.07) is 0.0926. The van der Waals surface area contributed by atoms with Gasteiger partial charge in [-0.25, -0.2) is 5.14 Å². The van der Waals surface area contributed by atoms with Crippen LogP contribution in [0.4, 0.5) is 0 Å². The highest BCUT2D eigenvalue weighted by Crippen LogP contribution is 2.17. The summed E-state index contributed by atoms with van der Waals surface area (Å²) in [5.74, 6) is 0. The van der Waals surface area contributed by atoms with Crippen LogP contribution in [0.15, 0.2) is 0 Å². The van der Waals surface area contributed by atoms with E-state index in [9.17, 15) is 8.42 Å². The molecule has 5 heteroatoms. The second kappa shape index (κ2) is 2.48. The van der Waals surface area contributed by atoms with E-state index in [1.165, 1.54) is 4.31 Å². The van der Waals surface area contributed by atoms with E-state index in [1.54, 1.807) is 0 Å². The maximum absolute atomic E-state index is 10.7. The van der Waals surface area contributed by atoms with Gasteiger partial charge in [-0.2, -0.15) is 12.7 Å². The van der Waals surface area contributed by atoms with Crippen molar-refractivity contribution in [1.29, 1.82) is 0 Å². The van der Waals surface area contributed by atoms with Crippen LogP contribution >= 0.6 is 0 Å². The number of hydrogen-bond donors (Lipinski definition) is 1. The van der Waals surface area contributed by atoms with Crippen molar-refractivity contribution in [2.45, 2.75) is 25.8 Å². The molecule has 0 aromatic carbocycles. The van der Waals surface area contributed by atoms with E-state index in [2.05, 4.69) is 0 Å². The molecule has 1 fully saturated rings. The van der Waals surface area contributed by atoms with Crippen molar-refractivity contribution in [2.75, 3.05) is 6.54 Å². The summed E-state index contributed by atoms with van der Waals surface area (Å²) < 4.78 is 22.8. The molecule has 0 aromatic heterocycles. The molecule has 0 saturated carbocycles. The van der Waals surface area contributed by atoms with Crippen molar-refractivity contribution >= 4 is 10.2 Å². The van der Waals surface area contributed by atoms with Crippen molar-refractivity contribution < 1.29 is 8.42 Å². The zero-order valence-corrected chi connectivity index (χ0v) is 6.76. The number of hydrogen-bond acceptors (Lipinski definition) is 2. The second-order valence-electron chi connectivity index (χ2n) is 2.65. The molecular formula is C5H12N2O2S. The number of nitrogens with zero attached hydrogens (tertiary/aromatic N) is 1. The van der Waals surface area contributed by atoms with E-state index in [0.29, 0.717) is 6.54 Å². The summed E-state index contributed by atoms with van der Waals surface area (Å²) in [5, 5.41) is 4.93. The highest BCUT2D eigenvalue weighted by atomic mass is 32.2. The number of rotatable bonds is 1. The predicted octanol–water partition coefficient (Wildman–Crippen LogP) is -0.326. The van der Waals surface area contributed by atoms with Crippen LogP contribution in [-0.4, -0.2) is 25.3 Å². The normalized spacial score (nSPS) is 29.2. The van der Waals surface area contributed by atoms with Gasteiger partial charge in [-0.05, 0) is 19.8 Å². The third-order valence-electron chi connectivity index (χ3n) is 1.82. The van der Waals surface area contributed by atoms with Gasteiger partial charge in [-0.1, -0.05) is 0 Å². The molecular weight excluding hydrogens is 152 g/mol. The maximum atomic E-state index is 10.7. The summed E-state index contributed by atoms with van der Waals surface area (Å²) >= 11 is 0. The Labute approximate surface area is 61.2 Å². The molecule has 1 atom stereocenters. The van der Waals surface area contributed by atoms with Crippen molar-refractivity contribution in [3.63, 3.8) is 0 Å². The first kappa shape index (κ1) is 7.97. The van der Waals surface area contributed by atoms with Crippen LogP contribution in [0.25, 0.3) is 0 Å². The molecule has 1 heterocycles. The Morgan fingerprint density at radius 1 is 1.60 bits per heavy atom. The average molecular weight is 164 g/mol. The Bertz CT molecular complexity index is 212. The van der Waals surface area contributed by atoms with Crippen LogP contribution in [0.1, 0.15) is 19.8 Å². The Kier molecular flexibility index (Phi) is 1.98. The maximum Gasteiger partial charge on any atom is 0.277 e. The van der Waals surface area contributed by atoms with E-state index in [4.69, 9.17) is 5.14 Å². The molecule has 0 spiro atoms. The van der Waals surface area contributed by atoms with Gasteiger partial charge >= 0.3 is 0 Å². The summed E-state index contributed by atoms with van der Waals surface area (Å²) in [4.78, 5) is 0. The van der Waals surface area contributed by atoms with E-state index in [0.717, 1.165) is 12.8 Å². The van der Waals surface area contributed by atoms with Gasteiger partial charge in [0.1, 0.15) is 0 Å². The zero-order valence-electron chi connectivity index (χ0n) is 5.95. The highest BCUT2D eigenvalue weighted by molar-refractivity contribution is 7.86. The lowest BCUT2D eigenvalue weighted by molar-refractivity contribution is 0.409. The minimum atomic E-state index is -3.42.